The fourth-order valence-electron chi connectivity index (χ4n) is 1.75. The summed E-state index contributed by atoms with van der Waals surface area (Å²) in [5.41, 5.74) is 0.0796. The molecular weight excluding hydrogens is 320 g/mol. The second-order valence-electron chi connectivity index (χ2n) is 4.79. The molecule has 2 rings (SSSR count). The van der Waals surface area contributed by atoms with Crippen LogP contribution in [0.3, 0.4) is 0 Å². The molecule has 24 heavy (non-hydrogen) atoms. The van der Waals surface area contributed by atoms with E-state index in [2.05, 4.69) is 10.1 Å². The number of carbonyl (C=O) groups excluding carboxylic acids is 1. The Bertz CT molecular complexity index is 687. The summed E-state index contributed by atoms with van der Waals surface area (Å²) in [5, 5.41) is 3.92. The minimum absolute atomic E-state index is 0.0796. The third-order valence-electron chi connectivity index (χ3n) is 2.60. The van der Waals surface area contributed by atoms with E-state index in [4.69, 9.17) is 9.47 Å². The lowest BCUT2D eigenvalue weighted by Gasteiger charge is -2.06. The van der Waals surface area contributed by atoms with Crippen molar-refractivity contribution >= 4 is 5.97 Å². The molecule has 1 heterocycles. The number of hydrogen-bond donors (Lipinski definition) is 0. The van der Waals surface area contributed by atoms with Crippen LogP contribution in [0.25, 0.3) is 11.4 Å². The van der Waals surface area contributed by atoms with Crippen molar-refractivity contribution in [1.29, 1.82) is 0 Å². The molecule has 0 aliphatic carbocycles. The van der Waals surface area contributed by atoms with E-state index in [0.29, 0.717) is 0 Å². The SMILES string of the molecule is CC.CC(C)OC(=O)COc1nc(-c2ccc(F)cc2F)n(C)n1. The van der Waals surface area contributed by atoms with E-state index in [1.54, 1.807) is 13.8 Å². The van der Waals surface area contributed by atoms with Crippen molar-refractivity contribution < 1.29 is 23.0 Å². The maximum Gasteiger partial charge on any atom is 0.344 e. The fraction of sp³-hybridized carbons (Fsp3) is 0.438. The van der Waals surface area contributed by atoms with Gasteiger partial charge < -0.3 is 9.47 Å². The lowest BCUT2D eigenvalue weighted by Crippen LogP contribution is -2.19. The second-order valence-corrected chi connectivity index (χ2v) is 4.79. The van der Waals surface area contributed by atoms with Gasteiger partial charge in [0.1, 0.15) is 11.6 Å². The van der Waals surface area contributed by atoms with Crippen LogP contribution >= 0.6 is 0 Å². The number of benzene rings is 1. The first-order chi connectivity index (χ1) is 11.4. The first kappa shape index (κ1) is 19.5. The Balaban J connectivity index is 0.00000139. The molecule has 0 bridgehead atoms. The molecule has 0 saturated carbocycles. The van der Waals surface area contributed by atoms with Gasteiger partial charge in [0.25, 0.3) is 0 Å². The highest BCUT2D eigenvalue weighted by atomic mass is 19.1. The van der Waals surface area contributed by atoms with E-state index in [1.807, 2.05) is 13.8 Å². The molecule has 0 unspecified atom stereocenters. The Morgan fingerprint density at radius 3 is 2.54 bits per heavy atom. The Morgan fingerprint density at radius 1 is 1.29 bits per heavy atom. The molecule has 0 saturated heterocycles. The molecule has 1 aromatic heterocycles. The minimum Gasteiger partial charge on any atom is -0.460 e. The summed E-state index contributed by atoms with van der Waals surface area (Å²) in [6.07, 6.45) is -0.253. The van der Waals surface area contributed by atoms with Gasteiger partial charge in [-0.15, -0.1) is 5.10 Å². The van der Waals surface area contributed by atoms with Crippen molar-refractivity contribution in [3.63, 3.8) is 0 Å². The summed E-state index contributed by atoms with van der Waals surface area (Å²) in [4.78, 5) is 15.3. The molecule has 0 atom stereocenters. The number of hydrogen-bond acceptors (Lipinski definition) is 5. The molecule has 0 radical (unpaired) electrons. The summed E-state index contributed by atoms with van der Waals surface area (Å²) in [6.45, 7) is 7.08. The van der Waals surface area contributed by atoms with Crippen LogP contribution < -0.4 is 4.74 Å². The zero-order chi connectivity index (χ0) is 18.3. The summed E-state index contributed by atoms with van der Waals surface area (Å²) in [6, 6.07) is 3.03. The van der Waals surface area contributed by atoms with E-state index in [0.717, 1.165) is 12.1 Å². The van der Waals surface area contributed by atoms with Gasteiger partial charge in [0, 0.05) is 13.1 Å². The second kappa shape index (κ2) is 8.95. The minimum atomic E-state index is -0.763. The highest BCUT2D eigenvalue weighted by Crippen LogP contribution is 2.22. The van der Waals surface area contributed by atoms with Crippen LogP contribution in [0.2, 0.25) is 0 Å². The molecule has 0 fully saturated rings. The molecule has 0 aliphatic heterocycles. The standard InChI is InChI=1S/C14H15F2N3O3.C2H6/c1-8(2)22-12(20)7-21-14-17-13(19(3)18-14)10-5-4-9(15)6-11(10)16;1-2/h4-6,8H,7H2,1-3H3;1-2H3. The zero-order valence-corrected chi connectivity index (χ0v) is 14.3. The summed E-state index contributed by atoms with van der Waals surface area (Å²) in [5.74, 6) is -1.85. The Hall–Kier alpha value is -2.51. The average molecular weight is 341 g/mol. The number of rotatable bonds is 5. The van der Waals surface area contributed by atoms with E-state index in [9.17, 15) is 13.6 Å². The number of carbonyl (C=O) groups is 1. The number of aromatic nitrogens is 3. The molecule has 0 aliphatic rings. The van der Waals surface area contributed by atoms with Gasteiger partial charge in [0.15, 0.2) is 12.4 Å². The molecule has 1 aromatic carbocycles. The third-order valence-corrected chi connectivity index (χ3v) is 2.60. The summed E-state index contributed by atoms with van der Waals surface area (Å²) < 4.78 is 37.9. The van der Waals surface area contributed by atoms with E-state index >= 15 is 0 Å². The topological polar surface area (TPSA) is 66.2 Å². The van der Waals surface area contributed by atoms with Crippen LogP contribution in [-0.4, -0.2) is 33.4 Å². The molecule has 0 spiro atoms. The van der Waals surface area contributed by atoms with Gasteiger partial charge >= 0.3 is 12.0 Å². The Labute approximate surface area is 139 Å². The molecule has 6 nitrogen and oxygen atoms in total. The smallest absolute Gasteiger partial charge is 0.344 e. The van der Waals surface area contributed by atoms with E-state index in [-0.39, 0.29) is 30.1 Å². The van der Waals surface area contributed by atoms with Crippen molar-refractivity contribution in [2.45, 2.75) is 33.8 Å². The maximum absolute atomic E-state index is 13.7. The van der Waals surface area contributed by atoms with Gasteiger partial charge in [-0.3, -0.25) is 0 Å². The van der Waals surface area contributed by atoms with Crippen LogP contribution in [0, 0.1) is 11.6 Å². The summed E-state index contributed by atoms with van der Waals surface area (Å²) >= 11 is 0. The molecule has 0 amide bonds. The maximum atomic E-state index is 13.7. The number of nitrogens with zero attached hydrogens (tertiary/aromatic N) is 3. The Kier molecular flexibility index (Phi) is 7.29. The number of ether oxygens (including phenoxy) is 2. The largest absolute Gasteiger partial charge is 0.460 e. The Morgan fingerprint density at radius 2 is 1.96 bits per heavy atom. The van der Waals surface area contributed by atoms with E-state index < -0.39 is 17.6 Å². The first-order valence-corrected chi connectivity index (χ1v) is 7.55. The predicted octanol–water partition coefficient (Wildman–Crippen LogP) is 3.12. The highest BCUT2D eigenvalue weighted by molar-refractivity contribution is 5.71. The molecule has 0 N–H and O–H groups in total. The molecule has 8 heteroatoms. The van der Waals surface area contributed by atoms with Crippen LogP contribution in [0.4, 0.5) is 8.78 Å². The quantitative estimate of drug-likeness (QED) is 0.782. The molecular formula is C16H21F2N3O3. The van der Waals surface area contributed by atoms with Gasteiger partial charge in [0.2, 0.25) is 0 Å². The van der Waals surface area contributed by atoms with Crippen LogP contribution in [0.1, 0.15) is 27.7 Å². The van der Waals surface area contributed by atoms with Crippen molar-refractivity contribution in [3.8, 4) is 17.4 Å². The monoisotopic (exact) mass is 341 g/mol. The number of esters is 1. The average Bonchev–Trinajstić information content (AvgIpc) is 2.87. The van der Waals surface area contributed by atoms with Crippen LogP contribution in [0.15, 0.2) is 18.2 Å². The molecule has 2 aromatic rings. The van der Waals surface area contributed by atoms with Gasteiger partial charge in [-0.05, 0) is 26.0 Å². The van der Waals surface area contributed by atoms with Crippen molar-refractivity contribution in [1.82, 2.24) is 14.8 Å². The van der Waals surface area contributed by atoms with Gasteiger partial charge in [-0.1, -0.05) is 13.8 Å². The number of aryl methyl sites for hydroxylation is 1. The number of halogens is 2. The van der Waals surface area contributed by atoms with Crippen LogP contribution in [-0.2, 0) is 16.6 Å². The van der Waals surface area contributed by atoms with Crippen molar-refractivity contribution in [3.05, 3.63) is 29.8 Å². The normalized spacial score (nSPS) is 10.2. The van der Waals surface area contributed by atoms with Gasteiger partial charge in [-0.2, -0.15) is 4.98 Å². The van der Waals surface area contributed by atoms with Crippen LogP contribution in [0.5, 0.6) is 6.01 Å². The van der Waals surface area contributed by atoms with Gasteiger partial charge in [0.05, 0.1) is 11.7 Å². The van der Waals surface area contributed by atoms with Crippen molar-refractivity contribution in [2.24, 2.45) is 7.05 Å². The molecule has 132 valence electrons. The third kappa shape index (κ3) is 5.29. The zero-order valence-electron chi connectivity index (χ0n) is 14.3. The first-order valence-electron chi connectivity index (χ1n) is 7.55. The lowest BCUT2D eigenvalue weighted by atomic mass is 10.2. The van der Waals surface area contributed by atoms with Gasteiger partial charge in [-0.25, -0.2) is 18.3 Å². The lowest BCUT2D eigenvalue weighted by molar-refractivity contribution is -0.149. The summed E-state index contributed by atoms with van der Waals surface area (Å²) in [7, 11) is 1.53. The van der Waals surface area contributed by atoms with E-state index in [1.165, 1.54) is 17.8 Å². The fourth-order valence-corrected chi connectivity index (χ4v) is 1.75. The predicted molar refractivity (Wildman–Crippen MR) is 84.4 cm³/mol. The highest BCUT2D eigenvalue weighted by Gasteiger charge is 2.16. The van der Waals surface area contributed by atoms with Crippen molar-refractivity contribution in [2.75, 3.05) is 6.61 Å².